The van der Waals surface area contributed by atoms with Crippen LogP contribution in [0.3, 0.4) is 0 Å². The molecule has 0 atom stereocenters. The third-order valence-corrected chi connectivity index (χ3v) is 2.50. The van der Waals surface area contributed by atoms with Crippen molar-refractivity contribution in [3.05, 3.63) is 48.3 Å². The van der Waals surface area contributed by atoms with Crippen LogP contribution in [0, 0.1) is 6.92 Å². The maximum absolute atomic E-state index is 8.81. The van der Waals surface area contributed by atoms with Crippen molar-refractivity contribution in [2.24, 2.45) is 0 Å². The van der Waals surface area contributed by atoms with Gasteiger partial charge in [0.05, 0.1) is 11.9 Å². The molecular formula is C15H16N4O2. The van der Waals surface area contributed by atoms with Gasteiger partial charge in [-0.1, -0.05) is 6.07 Å². The monoisotopic (exact) mass is 284 g/mol. The Morgan fingerprint density at radius 2 is 2.05 bits per heavy atom. The Kier molecular flexibility index (Phi) is 4.50. The molecule has 6 heteroatoms. The van der Waals surface area contributed by atoms with E-state index in [4.69, 9.17) is 15.3 Å². The van der Waals surface area contributed by atoms with E-state index in [0.717, 1.165) is 17.6 Å². The van der Waals surface area contributed by atoms with E-state index < -0.39 is 0 Å². The summed E-state index contributed by atoms with van der Waals surface area (Å²) in [4.78, 5) is 13.1. The molecular weight excluding hydrogens is 268 g/mol. The molecule has 2 N–H and O–H groups in total. The summed E-state index contributed by atoms with van der Waals surface area (Å²) >= 11 is 0. The zero-order chi connectivity index (χ0) is 15.2. The van der Waals surface area contributed by atoms with Crippen LogP contribution in [0.5, 0.6) is 11.6 Å². The molecule has 2 aromatic heterocycles. The third-order valence-electron chi connectivity index (χ3n) is 2.50. The summed E-state index contributed by atoms with van der Waals surface area (Å²) in [6.45, 7) is 3.37. The van der Waals surface area contributed by atoms with Gasteiger partial charge in [-0.3, -0.25) is 0 Å². The van der Waals surface area contributed by atoms with E-state index in [2.05, 4.69) is 10.1 Å². The Hall–Kier alpha value is -2.89. The van der Waals surface area contributed by atoms with Gasteiger partial charge in [0, 0.05) is 17.8 Å². The summed E-state index contributed by atoms with van der Waals surface area (Å²) in [5.74, 6) is 1.17. The second-order valence-electron chi connectivity index (χ2n) is 4.27. The fourth-order valence-corrected chi connectivity index (χ4v) is 1.74. The predicted octanol–water partition coefficient (Wildman–Crippen LogP) is 2.62. The molecule has 0 unspecified atom stereocenters. The SMILES string of the molecule is CC=O.Cc1cn2nc(Oc3cccc(N)c3)ccc2n1. The minimum atomic E-state index is 0.505. The second-order valence-corrected chi connectivity index (χ2v) is 4.27. The Bertz CT molecular complexity index is 752. The van der Waals surface area contributed by atoms with Crippen LogP contribution in [-0.4, -0.2) is 20.9 Å². The first kappa shape index (κ1) is 14.5. The number of nitrogens with zero attached hydrogens (tertiary/aromatic N) is 3. The van der Waals surface area contributed by atoms with Crippen molar-refractivity contribution in [3.63, 3.8) is 0 Å². The predicted molar refractivity (Wildman–Crippen MR) is 80.4 cm³/mol. The number of carbonyl (C=O) groups is 1. The van der Waals surface area contributed by atoms with E-state index in [1.165, 1.54) is 6.92 Å². The van der Waals surface area contributed by atoms with Crippen LogP contribution in [0.15, 0.2) is 42.6 Å². The maximum Gasteiger partial charge on any atom is 0.237 e. The van der Waals surface area contributed by atoms with Gasteiger partial charge in [0.1, 0.15) is 12.0 Å². The van der Waals surface area contributed by atoms with E-state index in [9.17, 15) is 0 Å². The first-order chi connectivity index (χ1) is 10.1. The average Bonchev–Trinajstić information content (AvgIpc) is 2.79. The molecule has 0 aliphatic carbocycles. The summed E-state index contributed by atoms with van der Waals surface area (Å²) < 4.78 is 7.33. The van der Waals surface area contributed by atoms with Crippen molar-refractivity contribution in [3.8, 4) is 11.6 Å². The summed E-state index contributed by atoms with van der Waals surface area (Å²) in [6, 6.07) is 10.9. The van der Waals surface area contributed by atoms with Gasteiger partial charge in [-0.25, -0.2) is 9.50 Å². The van der Waals surface area contributed by atoms with Crippen molar-refractivity contribution < 1.29 is 9.53 Å². The molecule has 3 aromatic rings. The molecule has 3 rings (SSSR count). The Balaban J connectivity index is 0.000000497. The molecule has 0 aliphatic heterocycles. The number of ether oxygens (including phenoxy) is 1. The lowest BCUT2D eigenvalue weighted by molar-refractivity contribution is -0.106. The number of rotatable bonds is 2. The molecule has 1 aromatic carbocycles. The zero-order valence-corrected chi connectivity index (χ0v) is 11.9. The van der Waals surface area contributed by atoms with Crippen molar-refractivity contribution >= 4 is 17.6 Å². The smallest absolute Gasteiger partial charge is 0.237 e. The van der Waals surface area contributed by atoms with Crippen LogP contribution in [-0.2, 0) is 4.79 Å². The van der Waals surface area contributed by atoms with Crippen molar-refractivity contribution in [1.82, 2.24) is 14.6 Å². The summed E-state index contributed by atoms with van der Waals surface area (Å²) in [5, 5.41) is 4.31. The highest BCUT2D eigenvalue weighted by atomic mass is 16.5. The number of hydrogen-bond donors (Lipinski definition) is 1. The van der Waals surface area contributed by atoms with Crippen LogP contribution in [0.25, 0.3) is 5.65 Å². The van der Waals surface area contributed by atoms with E-state index in [1.807, 2.05) is 37.4 Å². The van der Waals surface area contributed by atoms with Crippen LogP contribution in [0.1, 0.15) is 12.6 Å². The number of benzene rings is 1. The van der Waals surface area contributed by atoms with Gasteiger partial charge in [-0.05, 0) is 32.0 Å². The highest BCUT2D eigenvalue weighted by Gasteiger charge is 2.03. The minimum Gasteiger partial charge on any atom is -0.438 e. The molecule has 0 bridgehead atoms. The third kappa shape index (κ3) is 3.79. The van der Waals surface area contributed by atoms with Crippen molar-refractivity contribution in [2.75, 3.05) is 5.73 Å². The number of nitrogens with two attached hydrogens (primary N) is 1. The molecule has 108 valence electrons. The number of imidazole rings is 1. The second kappa shape index (κ2) is 6.51. The number of aldehydes is 1. The number of anilines is 1. The lowest BCUT2D eigenvalue weighted by atomic mass is 10.3. The van der Waals surface area contributed by atoms with Crippen LogP contribution >= 0.6 is 0 Å². The van der Waals surface area contributed by atoms with Crippen LogP contribution in [0.4, 0.5) is 5.69 Å². The van der Waals surface area contributed by atoms with E-state index in [1.54, 1.807) is 16.6 Å². The number of fused-ring (bicyclic) bond motifs is 1. The molecule has 0 spiro atoms. The molecule has 0 radical (unpaired) electrons. The van der Waals surface area contributed by atoms with Gasteiger partial charge in [-0.15, -0.1) is 5.10 Å². The lowest BCUT2D eigenvalue weighted by Gasteiger charge is -2.05. The van der Waals surface area contributed by atoms with Crippen LogP contribution < -0.4 is 10.5 Å². The Labute approximate surface area is 122 Å². The number of aryl methyl sites for hydroxylation is 1. The quantitative estimate of drug-likeness (QED) is 0.577. The number of carbonyl (C=O) groups excluding carboxylic acids is 1. The van der Waals surface area contributed by atoms with Gasteiger partial charge in [-0.2, -0.15) is 0 Å². The van der Waals surface area contributed by atoms with Gasteiger partial charge in [0.25, 0.3) is 0 Å². The molecule has 0 fully saturated rings. The largest absolute Gasteiger partial charge is 0.438 e. The minimum absolute atomic E-state index is 0.505. The van der Waals surface area contributed by atoms with Crippen molar-refractivity contribution in [2.45, 2.75) is 13.8 Å². The summed E-state index contributed by atoms with van der Waals surface area (Å²) in [6.07, 6.45) is 2.60. The molecule has 0 saturated heterocycles. The topological polar surface area (TPSA) is 82.5 Å². The summed E-state index contributed by atoms with van der Waals surface area (Å²) in [5.41, 5.74) is 8.07. The standard InChI is InChI=1S/C13H12N4O.C2H4O/c1-9-8-17-12(15-9)5-6-13(16-17)18-11-4-2-3-10(14)7-11;1-2-3/h2-8H,14H2,1H3;2H,1H3. The fourth-order valence-electron chi connectivity index (χ4n) is 1.74. The molecule has 0 amide bonds. The maximum atomic E-state index is 8.81. The molecule has 21 heavy (non-hydrogen) atoms. The molecule has 0 saturated carbocycles. The fraction of sp³-hybridized carbons (Fsp3) is 0.133. The lowest BCUT2D eigenvalue weighted by Crippen LogP contribution is -1.95. The molecule has 2 heterocycles. The first-order valence-electron chi connectivity index (χ1n) is 6.38. The van der Waals surface area contributed by atoms with Gasteiger partial charge in [0.2, 0.25) is 5.88 Å². The van der Waals surface area contributed by atoms with Gasteiger partial charge in [0.15, 0.2) is 5.65 Å². The molecule has 0 aliphatic rings. The van der Waals surface area contributed by atoms with Gasteiger partial charge >= 0.3 is 0 Å². The summed E-state index contributed by atoms with van der Waals surface area (Å²) in [7, 11) is 0. The highest BCUT2D eigenvalue weighted by molar-refractivity contribution is 5.45. The Morgan fingerprint density at radius 1 is 1.29 bits per heavy atom. The number of aromatic nitrogens is 3. The Morgan fingerprint density at radius 3 is 2.76 bits per heavy atom. The van der Waals surface area contributed by atoms with Gasteiger partial charge < -0.3 is 15.3 Å². The van der Waals surface area contributed by atoms with Crippen LogP contribution in [0.2, 0.25) is 0 Å². The highest BCUT2D eigenvalue weighted by Crippen LogP contribution is 2.21. The van der Waals surface area contributed by atoms with Crippen molar-refractivity contribution in [1.29, 1.82) is 0 Å². The average molecular weight is 284 g/mol. The number of nitrogen functional groups attached to an aromatic ring is 1. The normalized spacial score (nSPS) is 9.81. The van der Waals surface area contributed by atoms with E-state index in [0.29, 0.717) is 17.3 Å². The number of hydrogen-bond acceptors (Lipinski definition) is 5. The van der Waals surface area contributed by atoms with E-state index >= 15 is 0 Å². The molecule has 6 nitrogen and oxygen atoms in total. The zero-order valence-electron chi connectivity index (χ0n) is 11.9. The van der Waals surface area contributed by atoms with E-state index in [-0.39, 0.29) is 0 Å². The first-order valence-corrected chi connectivity index (χ1v) is 6.38.